The van der Waals surface area contributed by atoms with E-state index in [0.717, 1.165) is 0 Å². The van der Waals surface area contributed by atoms with Gasteiger partial charge in [-0.05, 0) is 17.7 Å². The highest BCUT2D eigenvalue weighted by molar-refractivity contribution is 7.54. The molecule has 14 heavy (non-hydrogen) atoms. The molecule has 0 saturated heterocycles. The van der Waals surface area contributed by atoms with Crippen molar-refractivity contribution in [2.24, 2.45) is 0 Å². The van der Waals surface area contributed by atoms with Gasteiger partial charge in [0.2, 0.25) is 0 Å². The molecule has 0 aromatic heterocycles. The van der Waals surface area contributed by atoms with E-state index in [1.807, 2.05) is 0 Å². The molecule has 0 spiro atoms. The molecule has 0 fully saturated rings. The Morgan fingerprint density at radius 2 is 1.86 bits per heavy atom. The molecule has 1 aromatic carbocycles. The van der Waals surface area contributed by atoms with Gasteiger partial charge in [-0.1, -0.05) is 12.1 Å². The van der Waals surface area contributed by atoms with E-state index < -0.39 is 12.7 Å². The van der Waals surface area contributed by atoms with Crippen LogP contribution in [0.5, 0.6) is 5.75 Å². The number of alkyl halides is 1. The molecule has 0 amide bonds. The van der Waals surface area contributed by atoms with Crippen molar-refractivity contribution in [2.75, 3.05) is 7.11 Å². The second-order valence-electron chi connectivity index (χ2n) is 2.70. The molecule has 1 unspecified atom stereocenters. The van der Waals surface area contributed by atoms with Gasteiger partial charge in [0.15, 0.2) is 5.12 Å². The summed E-state index contributed by atoms with van der Waals surface area (Å²) in [6.45, 7) is 0. The van der Waals surface area contributed by atoms with Crippen LogP contribution in [0.4, 0.5) is 0 Å². The average Bonchev–Trinajstić information content (AvgIpc) is 2.15. The van der Waals surface area contributed by atoms with Gasteiger partial charge in [-0.3, -0.25) is 4.57 Å². The van der Waals surface area contributed by atoms with Gasteiger partial charge in [0, 0.05) is 0 Å². The standard InChI is InChI=1S/C8H10ClO4P/c1-13-7-4-2-6(3-5-7)8(9)14(10,11)12/h2-5,8H,1H3,(H2,10,11,12). The number of rotatable bonds is 3. The fourth-order valence-corrected chi connectivity index (χ4v) is 1.66. The number of halogens is 1. The van der Waals surface area contributed by atoms with Crippen LogP contribution >= 0.6 is 19.2 Å². The van der Waals surface area contributed by atoms with Crippen molar-refractivity contribution in [3.63, 3.8) is 0 Å². The minimum Gasteiger partial charge on any atom is -0.497 e. The van der Waals surface area contributed by atoms with Crippen molar-refractivity contribution in [3.05, 3.63) is 29.8 Å². The SMILES string of the molecule is COc1ccc(C(Cl)P(=O)(O)O)cc1. The molecule has 0 radical (unpaired) electrons. The summed E-state index contributed by atoms with van der Waals surface area (Å²) in [4.78, 5) is 17.6. The molecule has 1 aromatic rings. The average molecular weight is 237 g/mol. The highest BCUT2D eigenvalue weighted by Crippen LogP contribution is 2.54. The van der Waals surface area contributed by atoms with E-state index in [1.165, 1.54) is 19.2 Å². The molecule has 1 atom stereocenters. The molecule has 4 nitrogen and oxygen atoms in total. The van der Waals surface area contributed by atoms with Gasteiger partial charge in [-0.15, -0.1) is 11.6 Å². The van der Waals surface area contributed by atoms with Crippen LogP contribution < -0.4 is 4.74 Å². The van der Waals surface area contributed by atoms with Crippen LogP contribution in [0.2, 0.25) is 0 Å². The van der Waals surface area contributed by atoms with Crippen LogP contribution in [-0.4, -0.2) is 16.9 Å². The Balaban J connectivity index is 2.92. The van der Waals surface area contributed by atoms with Crippen LogP contribution in [0.25, 0.3) is 0 Å². The van der Waals surface area contributed by atoms with E-state index in [4.69, 9.17) is 26.1 Å². The fourth-order valence-electron chi connectivity index (χ4n) is 0.957. The van der Waals surface area contributed by atoms with Gasteiger partial charge < -0.3 is 14.5 Å². The summed E-state index contributed by atoms with van der Waals surface area (Å²) in [5.74, 6) is 0.614. The summed E-state index contributed by atoms with van der Waals surface area (Å²) in [5, 5.41) is -1.30. The van der Waals surface area contributed by atoms with Gasteiger partial charge >= 0.3 is 7.60 Å². The first-order valence-electron chi connectivity index (χ1n) is 3.78. The van der Waals surface area contributed by atoms with Crippen molar-refractivity contribution in [1.29, 1.82) is 0 Å². The van der Waals surface area contributed by atoms with Gasteiger partial charge in [0.25, 0.3) is 0 Å². The molecule has 0 aliphatic carbocycles. The molecule has 0 bridgehead atoms. The molecule has 2 N–H and O–H groups in total. The fraction of sp³-hybridized carbons (Fsp3) is 0.250. The smallest absolute Gasteiger partial charge is 0.347 e. The van der Waals surface area contributed by atoms with Gasteiger partial charge in [0.05, 0.1) is 7.11 Å². The third kappa shape index (κ3) is 2.72. The lowest BCUT2D eigenvalue weighted by Gasteiger charge is -2.11. The monoisotopic (exact) mass is 236 g/mol. The lowest BCUT2D eigenvalue weighted by Crippen LogP contribution is -1.92. The molecule has 0 aliphatic rings. The van der Waals surface area contributed by atoms with Crippen LogP contribution in [0.3, 0.4) is 0 Å². The minimum absolute atomic E-state index is 0.376. The number of hydrogen-bond donors (Lipinski definition) is 2. The zero-order chi connectivity index (χ0) is 10.8. The van der Waals surface area contributed by atoms with Crippen molar-refractivity contribution in [3.8, 4) is 5.75 Å². The van der Waals surface area contributed by atoms with Gasteiger partial charge in [-0.2, -0.15) is 0 Å². The van der Waals surface area contributed by atoms with Gasteiger partial charge in [-0.25, -0.2) is 0 Å². The molecular formula is C8H10ClO4P. The van der Waals surface area contributed by atoms with Crippen molar-refractivity contribution in [2.45, 2.75) is 5.12 Å². The summed E-state index contributed by atoms with van der Waals surface area (Å²) in [7, 11) is -2.77. The van der Waals surface area contributed by atoms with Crippen LogP contribution in [0.1, 0.15) is 10.7 Å². The first-order valence-corrected chi connectivity index (χ1v) is 5.90. The van der Waals surface area contributed by atoms with E-state index in [2.05, 4.69) is 0 Å². The summed E-state index contributed by atoms with van der Waals surface area (Å²) >= 11 is 5.57. The van der Waals surface area contributed by atoms with E-state index in [0.29, 0.717) is 11.3 Å². The largest absolute Gasteiger partial charge is 0.497 e. The first-order chi connectivity index (χ1) is 6.45. The number of ether oxygens (including phenoxy) is 1. The molecule has 78 valence electrons. The Morgan fingerprint density at radius 3 is 2.21 bits per heavy atom. The first kappa shape index (κ1) is 11.5. The second kappa shape index (κ2) is 4.32. The third-order valence-corrected chi connectivity index (χ3v) is 3.59. The van der Waals surface area contributed by atoms with E-state index in [1.54, 1.807) is 12.1 Å². The van der Waals surface area contributed by atoms with E-state index in [9.17, 15) is 4.57 Å². The summed E-state index contributed by atoms with van der Waals surface area (Å²) in [6, 6.07) is 6.24. The van der Waals surface area contributed by atoms with Crippen molar-refractivity contribution in [1.82, 2.24) is 0 Å². The Labute approximate surface area is 86.6 Å². The molecular weight excluding hydrogens is 227 g/mol. The predicted molar refractivity (Wildman–Crippen MR) is 53.6 cm³/mol. The van der Waals surface area contributed by atoms with Crippen molar-refractivity contribution < 1.29 is 19.1 Å². The predicted octanol–water partition coefficient (Wildman–Crippen LogP) is 2.11. The second-order valence-corrected chi connectivity index (χ2v) is 5.13. The number of methoxy groups -OCH3 is 1. The van der Waals surface area contributed by atoms with Gasteiger partial charge in [0.1, 0.15) is 5.75 Å². The quantitative estimate of drug-likeness (QED) is 0.623. The van der Waals surface area contributed by atoms with Crippen LogP contribution in [-0.2, 0) is 4.57 Å². The molecule has 0 heterocycles. The van der Waals surface area contributed by atoms with Crippen molar-refractivity contribution >= 4 is 19.2 Å². The number of benzene rings is 1. The lowest BCUT2D eigenvalue weighted by atomic mass is 10.2. The highest BCUT2D eigenvalue weighted by Gasteiger charge is 2.27. The Kier molecular flexibility index (Phi) is 3.56. The zero-order valence-electron chi connectivity index (χ0n) is 7.42. The summed E-state index contributed by atoms with van der Waals surface area (Å²) in [6.07, 6.45) is 0. The lowest BCUT2D eigenvalue weighted by molar-refractivity contribution is 0.369. The highest BCUT2D eigenvalue weighted by atomic mass is 35.5. The molecule has 6 heteroatoms. The minimum atomic E-state index is -4.28. The molecule has 0 aliphatic heterocycles. The third-order valence-electron chi connectivity index (χ3n) is 1.69. The maximum Gasteiger partial charge on any atom is 0.347 e. The summed E-state index contributed by atoms with van der Waals surface area (Å²) in [5.41, 5.74) is 0.376. The summed E-state index contributed by atoms with van der Waals surface area (Å²) < 4.78 is 15.7. The topological polar surface area (TPSA) is 66.8 Å². The maximum atomic E-state index is 10.8. The number of hydrogen-bond acceptors (Lipinski definition) is 2. The van der Waals surface area contributed by atoms with E-state index >= 15 is 0 Å². The van der Waals surface area contributed by atoms with Crippen LogP contribution in [0, 0.1) is 0 Å². The molecule has 1 rings (SSSR count). The normalized spacial score (nSPS) is 13.7. The van der Waals surface area contributed by atoms with Crippen LogP contribution in [0.15, 0.2) is 24.3 Å². The Bertz CT molecular complexity index is 345. The Hall–Kier alpha value is -0.540. The Morgan fingerprint density at radius 1 is 1.36 bits per heavy atom. The maximum absolute atomic E-state index is 10.8. The zero-order valence-corrected chi connectivity index (χ0v) is 9.07. The van der Waals surface area contributed by atoms with E-state index in [-0.39, 0.29) is 0 Å². The molecule has 0 saturated carbocycles.